The summed E-state index contributed by atoms with van der Waals surface area (Å²) in [5.41, 5.74) is 8.42. The van der Waals surface area contributed by atoms with Crippen molar-refractivity contribution in [2.24, 2.45) is 5.41 Å². The van der Waals surface area contributed by atoms with E-state index in [1.54, 1.807) is 7.11 Å². The van der Waals surface area contributed by atoms with E-state index in [9.17, 15) is 0 Å². The van der Waals surface area contributed by atoms with E-state index in [-0.39, 0.29) is 0 Å². The van der Waals surface area contributed by atoms with Crippen molar-refractivity contribution in [2.45, 2.75) is 12.8 Å². The summed E-state index contributed by atoms with van der Waals surface area (Å²) >= 11 is 0. The third-order valence-corrected chi connectivity index (χ3v) is 3.58. The molecule has 1 spiro atoms. The zero-order chi connectivity index (χ0) is 10.5. The quantitative estimate of drug-likeness (QED) is 0.747. The van der Waals surface area contributed by atoms with E-state index in [1.165, 1.54) is 25.9 Å². The summed E-state index contributed by atoms with van der Waals surface area (Å²) in [5, 5.41) is 0. The first-order chi connectivity index (χ1) is 7.24. The highest BCUT2D eigenvalue weighted by Gasteiger charge is 2.52. The number of nitrogens with two attached hydrogens (primary N) is 1. The molecule has 0 amide bonds. The summed E-state index contributed by atoms with van der Waals surface area (Å²) in [4.78, 5) is 2.36. The number of benzene rings is 1. The highest BCUT2D eigenvalue weighted by Crippen LogP contribution is 2.55. The lowest BCUT2D eigenvalue weighted by molar-refractivity contribution is 0.372. The van der Waals surface area contributed by atoms with Crippen molar-refractivity contribution in [1.82, 2.24) is 0 Å². The van der Waals surface area contributed by atoms with Crippen LogP contribution >= 0.6 is 0 Å². The minimum atomic E-state index is 0.662. The molecule has 2 N–H and O–H groups in total. The van der Waals surface area contributed by atoms with Crippen molar-refractivity contribution in [2.75, 3.05) is 30.8 Å². The molecule has 1 aliphatic heterocycles. The van der Waals surface area contributed by atoms with Crippen LogP contribution in [0, 0.1) is 5.41 Å². The molecular formula is C12H16N2O. The van der Waals surface area contributed by atoms with Crippen LogP contribution in [0.3, 0.4) is 0 Å². The summed E-state index contributed by atoms with van der Waals surface area (Å²) in [6, 6.07) is 5.96. The Kier molecular flexibility index (Phi) is 1.67. The Morgan fingerprint density at radius 3 is 2.67 bits per heavy atom. The van der Waals surface area contributed by atoms with Gasteiger partial charge in [-0.2, -0.15) is 0 Å². The predicted molar refractivity (Wildman–Crippen MR) is 61.3 cm³/mol. The van der Waals surface area contributed by atoms with Crippen LogP contribution in [-0.4, -0.2) is 20.2 Å². The molecular weight excluding hydrogens is 188 g/mol. The molecule has 0 atom stereocenters. The van der Waals surface area contributed by atoms with Crippen LogP contribution in [-0.2, 0) is 0 Å². The second-order valence-electron chi connectivity index (χ2n) is 4.76. The topological polar surface area (TPSA) is 38.5 Å². The van der Waals surface area contributed by atoms with Crippen LogP contribution in [0.15, 0.2) is 18.2 Å². The average Bonchev–Trinajstić information content (AvgIpc) is 2.94. The standard InChI is InChI=1S/C12H16N2O/c1-15-11-9(13)3-2-4-10(11)14-7-12(8-14)5-6-12/h2-4H,5-8,13H2,1H3. The Bertz CT molecular complexity index is 391. The number of rotatable bonds is 2. The molecule has 0 unspecified atom stereocenters. The molecule has 1 saturated carbocycles. The van der Waals surface area contributed by atoms with Gasteiger partial charge in [-0.3, -0.25) is 0 Å². The number of nitrogen functional groups attached to an aromatic ring is 1. The van der Waals surface area contributed by atoms with E-state index in [0.29, 0.717) is 5.41 Å². The second kappa shape index (κ2) is 2.81. The van der Waals surface area contributed by atoms with Crippen LogP contribution in [0.4, 0.5) is 11.4 Å². The van der Waals surface area contributed by atoms with E-state index in [4.69, 9.17) is 10.5 Å². The monoisotopic (exact) mass is 204 g/mol. The number of hydrogen-bond donors (Lipinski definition) is 1. The van der Waals surface area contributed by atoms with Gasteiger partial charge in [-0.15, -0.1) is 0 Å². The first-order valence-corrected chi connectivity index (χ1v) is 5.42. The molecule has 1 saturated heterocycles. The lowest BCUT2D eigenvalue weighted by atomic mass is 9.96. The van der Waals surface area contributed by atoms with Crippen molar-refractivity contribution < 1.29 is 4.74 Å². The fraction of sp³-hybridized carbons (Fsp3) is 0.500. The number of ether oxygens (including phenoxy) is 1. The van der Waals surface area contributed by atoms with Crippen molar-refractivity contribution in [3.63, 3.8) is 0 Å². The van der Waals surface area contributed by atoms with Crippen LogP contribution in [0.5, 0.6) is 5.75 Å². The first kappa shape index (κ1) is 8.89. The van der Waals surface area contributed by atoms with Gasteiger partial charge in [0.25, 0.3) is 0 Å². The molecule has 2 aliphatic rings. The average molecular weight is 204 g/mol. The van der Waals surface area contributed by atoms with Gasteiger partial charge in [-0.1, -0.05) is 6.07 Å². The van der Waals surface area contributed by atoms with Crippen LogP contribution in [0.2, 0.25) is 0 Å². The van der Waals surface area contributed by atoms with Crippen molar-refractivity contribution in [1.29, 1.82) is 0 Å². The van der Waals surface area contributed by atoms with E-state index >= 15 is 0 Å². The van der Waals surface area contributed by atoms with Gasteiger partial charge < -0.3 is 15.4 Å². The number of hydrogen-bond acceptors (Lipinski definition) is 3. The zero-order valence-electron chi connectivity index (χ0n) is 8.99. The maximum Gasteiger partial charge on any atom is 0.165 e. The van der Waals surface area contributed by atoms with Gasteiger partial charge in [0, 0.05) is 18.5 Å². The van der Waals surface area contributed by atoms with Gasteiger partial charge in [0.1, 0.15) is 0 Å². The molecule has 0 aromatic heterocycles. The minimum absolute atomic E-state index is 0.662. The Hall–Kier alpha value is -1.38. The molecule has 1 aromatic carbocycles. The molecule has 3 nitrogen and oxygen atoms in total. The fourth-order valence-electron chi connectivity index (χ4n) is 2.44. The molecule has 0 radical (unpaired) electrons. The van der Waals surface area contributed by atoms with E-state index in [2.05, 4.69) is 11.0 Å². The van der Waals surface area contributed by atoms with Crippen molar-refractivity contribution >= 4 is 11.4 Å². The normalized spacial score (nSPS) is 21.3. The minimum Gasteiger partial charge on any atom is -0.492 e. The molecule has 3 heteroatoms. The number of para-hydroxylation sites is 1. The molecule has 2 fully saturated rings. The van der Waals surface area contributed by atoms with Gasteiger partial charge in [0.15, 0.2) is 5.75 Å². The van der Waals surface area contributed by atoms with Crippen LogP contribution < -0.4 is 15.4 Å². The Morgan fingerprint density at radius 2 is 2.07 bits per heavy atom. The summed E-state index contributed by atoms with van der Waals surface area (Å²) in [6.07, 6.45) is 2.79. The summed E-state index contributed by atoms with van der Waals surface area (Å²) in [7, 11) is 1.68. The number of anilines is 2. The number of nitrogens with zero attached hydrogens (tertiary/aromatic N) is 1. The second-order valence-corrected chi connectivity index (χ2v) is 4.76. The van der Waals surface area contributed by atoms with Gasteiger partial charge in [0.05, 0.1) is 18.5 Å². The largest absolute Gasteiger partial charge is 0.492 e. The molecule has 15 heavy (non-hydrogen) atoms. The third-order valence-electron chi connectivity index (χ3n) is 3.58. The maximum atomic E-state index is 5.88. The highest BCUT2D eigenvalue weighted by atomic mass is 16.5. The molecule has 3 rings (SSSR count). The van der Waals surface area contributed by atoms with Gasteiger partial charge in [-0.25, -0.2) is 0 Å². The SMILES string of the molecule is COc1c(N)cccc1N1CC2(CC2)C1. The smallest absolute Gasteiger partial charge is 0.165 e. The maximum absolute atomic E-state index is 5.88. The molecule has 0 bridgehead atoms. The summed E-state index contributed by atoms with van der Waals surface area (Å²) in [5.74, 6) is 0.827. The lowest BCUT2D eigenvalue weighted by Crippen LogP contribution is -2.48. The van der Waals surface area contributed by atoms with Gasteiger partial charge in [-0.05, 0) is 25.0 Å². The summed E-state index contributed by atoms with van der Waals surface area (Å²) in [6.45, 7) is 2.35. The van der Waals surface area contributed by atoms with Gasteiger partial charge >= 0.3 is 0 Å². The van der Waals surface area contributed by atoms with Crippen molar-refractivity contribution in [3.8, 4) is 5.75 Å². The van der Waals surface area contributed by atoms with Gasteiger partial charge in [0.2, 0.25) is 0 Å². The molecule has 1 heterocycles. The zero-order valence-corrected chi connectivity index (χ0v) is 8.99. The van der Waals surface area contributed by atoms with Crippen LogP contribution in [0.25, 0.3) is 0 Å². The Balaban J connectivity index is 1.88. The molecule has 1 aromatic rings. The van der Waals surface area contributed by atoms with Crippen molar-refractivity contribution in [3.05, 3.63) is 18.2 Å². The van der Waals surface area contributed by atoms with E-state index < -0.39 is 0 Å². The van der Waals surface area contributed by atoms with E-state index in [1.807, 2.05) is 12.1 Å². The van der Waals surface area contributed by atoms with E-state index in [0.717, 1.165) is 17.1 Å². The Morgan fingerprint density at radius 1 is 1.33 bits per heavy atom. The Labute approximate surface area is 89.8 Å². The first-order valence-electron chi connectivity index (χ1n) is 5.42. The highest BCUT2D eigenvalue weighted by molar-refractivity contribution is 5.71. The third kappa shape index (κ3) is 1.26. The number of methoxy groups -OCH3 is 1. The predicted octanol–water partition coefficient (Wildman–Crippen LogP) is 1.88. The fourth-order valence-corrected chi connectivity index (χ4v) is 2.44. The lowest BCUT2D eigenvalue weighted by Gasteiger charge is -2.42. The molecule has 80 valence electrons. The van der Waals surface area contributed by atoms with Crippen LogP contribution in [0.1, 0.15) is 12.8 Å². The molecule has 1 aliphatic carbocycles. The summed E-state index contributed by atoms with van der Waals surface area (Å²) < 4.78 is 5.35.